The molecule has 2 aromatic carbocycles. The number of nitrogens with zero attached hydrogens (tertiary/aromatic N) is 2. The molecule has 0 amide bonds. The first kappa shape index (κ1) is 19.4. The number of hydrogen-bond acceptors (Lipinski definition) is 2. The van der Waals surface area contributed by atoms with E-state index in [0.29, 0.717) is 6.04 Å². The Hall–Kier alpha value is -2.40. The average Bonchev–Trinajstić information content (AvgIpc) is 2.69. The summed E-state index contributed by atoms with van der Waals surface area (Å²) in [4.78, 5) is 6.83. The standard InChI is InChI=1S/C22H29FN4/c1-24-22(25-13-10-18-8-5-9-20(23)16-18)26-21-11-14-27(15-12-21)17-19-6-3-2-4-7-19/h2-9,16,21H,10-15,17H2,1H3,(H2,24,25,26). The first-order valence-corrected chi connectivity index (χ1v) is 9.71. The maximum Gasteiger partial charge on any atom is 0.191 e. The largest absolute Gasteiger partial charge is 0.356 e. The van der Waals surface area contributed by atoms with Gasteiger partial charge in [0.1, 0.15) is 5.82 Å². The smallest absolute Gasteiger partial charge is 0.191 e. The van der Waals surface area contributed by atoms with Crippen LogP contribution in [-0.2, 0) is 13.0 Å². The van der Waals surface area contributed by atoms with Gasteiger partial charge in [0.15, 0.2) is 5.96 Å². The highest BCUT2D eigenvalue weighted by Gasteiger charge is 2.19. The number of hydrogen-bond donors (Lipinski definition) is 2. The van der Waals surface area contributed by atoms with Crippen LogP contribution in [0.5, 0.6) is 0 Å². The minimum atomic E-state index is -0.183. The van der Waals surface area contributed by atoms with Gasteiger partial charge in [0.05, 0.1) is 0 Å². The third-order valence-electron chi connectivity index (χ3n) is 5.00. The molecule has 2 N–H and O–H groups in total. The zero-order chi connectivity index (χ0) is 18.9. The van der Waals surface area contributed by atoms with Gasteiger partial charge in [-0.25, -0.2) is 4.39 Å². The van der Waals surface area contributed by atoms with Gasteiger partial charge in [-0.15, -0.1) is 0 Å². The summed E-state index contributed by atoms with van der Waals surface area (Å²) in [5.74, 6) is 0.644. The van der Waals surface area contributed by atoms with E-state index in [0.717, 1.165) is 57.0 Å². The van der Waals surface area contributed by atoms with Crippen molar-refractivity contribution in [2.45, 2.75) is 31.8 Å². The van der Waals surface area contributed by atoms with E-state index in [2.05, 4.69) is 50.9 Å². The molecule has 3 rings (SSSR count). The Labute approximate surface area is 161 Å². The van der Waals surface area contributed by atoms with Gasteiger partial charge in [0.2, 0.25) is 0 Å². The zero-order valence-corrected chi connectivity index (χ0v) is 16.0. The van der Waals surface area contributed by atoms with Crippen LogP contribution in [0.15, 0.2) is 59.6 Å². The first-order chi connectivity index (χ1) is 13.2. The van der Waals surface area contributed by atoms with Crippen LogP contribution in [0.3, 0.4) is 0 Å². The van der Waals surface area contributed by atoms with Crippen LogP contribution in [0.1, 0.15) is 24.0 Å². The topological polar surface area (TPSA) is 39.7 Å². The van der Waals surface area contributed by atoms with Gasteiger partial charge >= 0.3 is 0 Å². The van der Waals surface area contributed by atoms with Crippen molar-refractivity contribution in [3.8, 4) is 0 Å². The number of halogens is 1. The second-order valence-electron chi connectivity index (χ2n) is 7.06. The fourth-order valence-electron chi connectivity index (χ4n) is 3.48. The van der Waals surface area contributed by atoms with Crippen LogP contribution in [0, 0.1) is 5.82 Å². The van der Waals surface area contributed by atoms with Crippen molar-refractivity contribution in [2.24, 2.45) is 4.99 Å². The molecule has 1 saturated heterocycles. The molecule has 2 aromatic rings. The summed E-state index contributed by atoms with van der Waals surface area (Å²) < 4.78 is 13.2. The average molecular weight is 369 g/mol. The highest BCUT2D eigenvalue weighted by Crippen LogP contribution is 2.13. The number of piperidine rings is 1. The third kappa shape index (κ3) is 6.36. The molecule has 0 spiro atoms. The molecule has 0 aliphatic carbocycles. The van der Waals surface area contributed by atoms with Gasteiger partial charge in [-0.2, -0.15) is 0 Å². The Morgan fingerprint density at radius 2 is 1.81 bits per heavy atom. The maximum atomic E-state index is 13.2. The van der Waals surface area contributed by atoms with E-state index < -0.39 is 0 Å². The second-order valence-corrected chi connectivity index (χ2v) is 7.06. The van der Waals surface area contributed by atoms with Crippen molar-refractivity contribution in [3.63, 3.8) is 0 Å². The van der Waals surface area contributed by atoms with Crippen LogP contribution >= 0.6 is 0 Å². The number of benzene rings is 2. The predicted octanol–water partition coefficient (Wildman–Crippen LogP) is 3.20. The van der Waals surface area contributed by atoms with E-state index in [4.69, 9.17) is 0 Å². The lowest BCUT2D eigenvalue weighted by Gasteiger charge is -2.33. The number of likely N-dealkylation sites (tertiary alicyclic amines) is 1. The molecule has 0 radical (unpaired) electrons. The summed E-state index contributed by atoms with van der Waals surface area (Å²) in [5.41, 5.74) is 2.37. The number of aliphatic imine (C=N–C) groups is 1. The molecule has 1 fully saturated rings. The molecule has 0 atom stereocenters. The number of rotatable bonds is 6. The van der Waals surface area contributed by atoms with E-state index >= 15 is 0 Å². The molecule has 1 aliphatic rings. The molecule has 0 bridgehead atoms. The van der Waals surface area contributed by atoms with Crippen molar-refractivity contribution in [2.75, 3.05) is 26.7 Å². The van der Waals surface area contributed by atoms with Crippen molar-refractivity contribution in [1.29, 1.82) is 0 Å². The summed E-state index contributed by atoms with van der Waals surface area (Å²) in [6.45, 7) is 3.93. The van der Waals surface area contributed by atoms with Gasteiger partial charge in [0, 0.05) is 39.3 Å². The summed E-state index contributed by atoms with van der Waals surface area (Å²) in [6.07, 6.45) is 2.99. The molecule has 0 unspecified atom stereocenters. The molecule has 0 saturated carbocycles. The van der Waals surface area contributed by atoms with E-state index in [9.17, 15) is 4.39 Å². The van der Waals surface area contributed by atoms with Crippen molar-refractivity contribution >= 4 is 5.96 Å². The van der Waals surface area contributed by atoms with E-state index in [1.165, 1.54) is 11.6 Å². The lowest BCUT2D eigenvalue weighted by atomic mass is 10.0. The Morgan fingerprint density at radius 3 is 2.52 bits per heavy atom. The first-order valence-electron chi connectivity index (χ1n) is 9.71. The van der Waals surface area contributed by atoms with E-state index in [1.54, 1.807) is 19.2 Å². The van der Waals surface area contributed by atoms with Gasteiger partial charge in [-0.3, -0.25) is 9.89 Å². The highest BCUT2D eigenvalue weighted by molar-refractivity contribution is 5.79. The number of nitrogens with one attached hydrogen (secondary N) is 2. The molecule has 4 nitrogen and oxygen atoms in total. The van der Waals surface area contributed by atoms with Crippen LogP contribution in [0.4, 0.5) is 4.39 Å². The molecule has 1 aliphatic heterocycles. The molecule has 27 heavy (non-hydrogen) atoms. The summed E-state index contributed by atoms with van der Waals surface area (Å²) >= 11 is 0. The monoisotopic (exact) mass is 368 g/mol. The maximum absolute atomic E-state index is 13.2. The van der Waals surface area contributed by atoms with Gasteiger partial charge in [0.25, 0.3) is 0 Å². The van der Waals surface area contributed by atoms with Gasteiger partial charge < -0.3 is 10.6 Å². The highest BCUT2D eigenvalue weighted by atomic mass is 19.1. The Balaban J connectivity index is 1.38. The van der Waals surface area contributed by atoms with Crippen LogP contribution < -0.4 is 10.6 Å². The quantitative estimate of drug-likeness (QED) is 0.608. The Bertz CT molecular complexity index is 724. The van der Waals surface area contributed by atoms with E-state index in [1.807, 2.05) is 6.07 Å². The molecule has 144 valence electrons. The fourth-order valence-corrected chi connectivity index (χ4v) is 3.48. The van der Waals surface area contributed by atoms with Crippen LogP contribution in [0.25, 0.3) is 0 Å². The van der Waals surface area contributed by atoms with Crippen molar-refractivity contribution in [1.82, 2.24) is 15.5 Å². The normalized spacial score (nSPS) is 16.3. The van der Waals surface area contributed by atoms with Crippen LogP contribution in [0.2, 0.25) is 0 Å². The summed E-state index contributed by atoms with van der Waals surface area (Å²) in [5, 5.41) is 6.86. The molecular weight excluding hydrogens is 339 g/mol. The third-order valence-corrected chi connectivity index (χ3v) is 5.00. The minimum absolute atomic E-state index is 0.183. The van der Waals surface area contributed by atoms with Gasteiger partial charge in [-0.05, 0) is 42.5 Å². The predicted molar refractivity (Wildman–Crippen MR) is 109 cm³/mol. The Morgan fingerprint density at radius 1 is 1.07 bits per heavy atom. The second kappa shape index (κ2) is 10.1. The van der Waals surface area contributed by atoms with Crippen molar-refractivity contribution < 1.29 is 4.39 Å². The van der Waals surface area contributed by atoms with Gasteiger partial charge in [-0.1, -0.05) is 42.5 Å². The number of guanidine groups is 1. The lowest BCUT2D eigenvalue weighted by Crippen LogP contribution is -2.48. The van der Waals surface area contributed by atoms with Crippen LogP contribution in [-0.4, -0.2) is 43.6 Å². The SMILES string of the molecule is CN=C(NCCc1cccc(F)c1)NC1CCN(Cc2ccccc2)CC1. The van der Waals surface area contributed by atoms with E-state index in [-0.39, 0.29) is 5.82 Å². The molecular formula is C22H29FN4. The summed E-state index contributed by atoms with van der Waals surface area (Å²) in [6, 6.07) is 17.8. The van der Waals surface area contributed by atoms with Crippen molar-refractivity contribution in [3.05, 3.63) is 71.5 Å². The Kier molecular flexibility index (Phi) is 7.22. The lowest BCUT2D eigenvalue weighted by molar-refractivity contribution is 0.198. The fraction of sp³-hybridized carbons (Fsp3) is 0.409. The molecule has 5 heteroatoms. The molecule has 0 aromatic heterocycles. The summed E-state index contributed by atoms with van der Waals surface area (Å²) in [7, 11) is 1.79. The minimum Gasteiger partial charge on any atom is -0.356 e. The zero-order valence-electron chi connectivity index (χ0n) is 16.0. The molecule has 1 heterocycles.